The maximum atomic E-state index is 9.58. The molecule has 0 unspecified atom stereocenters. The molecule has 158 valence electrons. The van der Waals surface area contributed by atoms with E-state index in [1.807, 2.05) is 30.3 Å². The van der Waals surface area contributed by atoms with Crippen LogP contribution in [-0.2, 0) is 0 Å². The quantitative estimate of drug-likeness (QED) is 0.281. The molecule has 0 atom stereocenters. The van der Waals surface area contributed by atoms with Crippen LogP contribution in [0.3, 0.4) is 0 Å². The van der Waals surface area contributed by atoms with Crippen LogP contribution in [0, 0.1) is 11.3 Å². The van der Waals surface area contributed by atoms with Gasteiger partial charge in [0.25, 0.3) is 0 Å². The molecule has 0 N–H and O–H groups in total. The number of para-hydroxylation sites is 2. The van der Waals surface area contributed by atoms with Gasteiger partial charge in [0, 0.05) is 39.0 Å². The number of rotatable bonds is 2. The summed E-state index contributed by atoms with van der Waals surface area (Å²) in [5, 5.41) is 14.1. The summed E-state index contributed by atoms with van der Waals surface area (Å²) in [5.41, 5.74) is 7.19. The van der Waals surface area contributed by atoms with Crippen molar-refractivity contribution in [3.8, 4) is 23.0 Å². The highest BCUT2D eigenvalue weighted by Gasteiger charge is 2.17. The van der Waals surface area contributed by atoms with Gasteiger partial charge in [0.05, 0.1) is 22.3 Å². The van der Waals surface area contributed by atoms with Crippen molar-refractivity contribution in [3.63, 3.8) is 0 Å². The van der Waals surface area contributed by atoms with E-state index in [4.69, 9.17) is 4.42 Å². The van der Waals surface area contributed by atoms with Crippen LogP contribution in [-0.4, -0.2) is 9.55 Å². The first kappa shape index (κ1) is 18.7. The second-order valence-electron chi connectivity index (χ2n) is 8.38. The lowest BCUT2D eigenvalue weighted by atomic mass is 10.1. The monoisotopic (exact) mass is 435 g/mol. The van der Waals surface area contributed by atoms with Gasteiger partial charge in [0.1, 0.15) is 17.2 Å². The molecule has 4 heteroatoms. The molecule has 0 saturated heterocycles. The van der Waals surface area contributed by atoms with Crippen LogP contribution in [0.1, 0.15) is 5.56 Å². The molecule has 3 aromatic heterocycles. The van der Waals surface area contributed by atoms with Gasteiger partial charge in [-0.25, -0.2) is 0 Å². The van der Waals surface area contributed by atoms with Gasteiger partial charge in [-0.1, -0.05) is 48.5 Å². The molecule has 0 spiro atoms. The summed E-state index contributed by atoms with van der Waals surface area (Å²) in [4.78, 5) is 4.49. The number of fused-ring (bicyclic) bond motifs is 6. The Balaban J connectivity index is 1.57. The third-order valence-electron chi connectivity index (χ3n) is 6.48. The van der Waals surface area contributed by atoms with E-state index < -0.39 is 0 Å². The van der Waals surface area contributed by atoms with Crippen molar-refractivity contribution in [2.45, 2.75) is 0 Å². The Morgan fingerprint density at radius 1 is 0.676 bits per heavy atom. The first-order valence-corrected chi connectivity index (χ1v) is 11.1. The molecule has 7 rings (SSSR count). The largest absolute Gasteiger partial charge is 0.456 e. The van der Waals surface area contributed by atoms with E-state index in [0.717, 1.165) is 49.6 Å². The molecule has 4 nitrogen and oxygen atoms in total. The summed E-state index contributed by atoms with van der Waals surface area (Å²) in [6.45, 7) is 0. The Bertz CT molecular complexity index is 1930. The molecule has 0 saturated carbocycles. The Kier molecular flexibility index (Phi) is 3.88. The van der Waals surface area contributed by atoms with Gasteiger partial charge in [0.2, 0.25) is 0 Å². The fourth-order valence-corrected chi connectivity index (χ4v) is 4.98. The van der Waals surface area contributed by atoms with Gasteiger partial charge in [-0.2, -0.15) is 5.26 Å². The lowest BCUT2D eigenvalue weighted by Gasteiger charge is -2.10. The Morgan fingerprint density at radius 2 is 1.53 bits per heavy atom. The molecule has 0 bridgehead atoms. The molecule has 7 aromatic rings. The maximum absolute atomic E-state index is 9.58. The van der Waals surface area contributed by atoms with Crippen LogP contribution in [0.25, 0.3) is 60.7 Å². The minimum absolute atomic E-state index is 0.563. The van der Waals surface area contributed by atoms with Crippen molar-refractivity contribution >= 4 is 43.7 Å². The van der Waals surface area contributed by atoms with Crippen LogP contribution < -0.4 is 0 Å². The van der Waals surface area contributed by atoms with Crippen LogP contribution >= 0.6 is 0 Å². The average molecular weight is 435 g/mol. The summed E-state index contributed by atoms with van der Waals surface area (Å²) in [6.07, 6.45) is 1.73. The van der Waals surface area contributed by atoms with E-state index >= 15 is 0 Å². The maximum Gasteiger partial charge on any atom is 0.136 e. The van der Waals surface area contributed by atoms with E-state index in [2.05, 4.69) is 70.2 Å². The van der Waals surface area contributed by atoms with E-state index in [0.29, 0.717) is 11.3 Å². The minimum atomic E-state index is 0.563. The fourth-order valence-electron chi connectivity index (χ4n) is 4.98. The number of furan rings is 1. The lowest BCUT2D eigenvalue weighted by Crippen LogP contribution is -1.95. The molecule has 0 amide bonds. The summed E-state index contributed by atoms with van der Waals surface area (Å²) in [6, 6.07) is 35.0. The normalized spacial score (nSPS) is 11.5. The van der Waals surface area contributed by atoms with Crippen molar-refractivity contribution in [2.24, 2.45) is 0 Å². The van der Waals surface area contributed by atoms with Crippen molar-refractivity contribution in [3.05, 3.63) is 109 Å². The molecular formula is C30H17N3O. The van der Waals surface area contributed by atoms with Crippen LogP contribution in [0.5, 0.6) is 0 Å². The van der Waals surface area contributed by atoms with Gasteiger partial charge in [-0.3, -0.25) is 4.98 Å². The van der Waals surface area contributed by atoms with Crippen LogP contribution in [0.2, 0.25) is 0 Å². The van der Waals surface area contributed by atoms with Crippen molar-refractivity contribution < 1.29 is 4.42 Å². The van der Waals surface area contributed by atoms with Crippen molar-refractivity contribution in [2.75, 3.05) is 0 Å². The third-order valence-corrected chi connectivity index (χ3v) is 6.48. The zero-order valence-electron chi connectivity index (χ0n) is 18.1. The van der Waals surface area contributed by atoms with Gasteiger partial charge in [-0.15, -0.1) is 0 Å². The zero-order chi connectivity index (χ0) is 22.6. The van der Waals surface area contributed by atoms with E-state index in [1.54, 1.807) is 18.3 Å². The average Bonchev–Trinajstić information content (AvgIpc) is 3.42. The van der Waals surface area contributed by atoms with Gasteiger partial charge in [-0.05, 0) is 48.5 Å². The predicted molar refractivity (Wildman–Crippen MR) is 136 cm³/mol. The first-order valence-electron chi connectivity index (χ1n) is 11.1. The SMILES string of the molecule is N#Cc1cccnc1-c1cccc(-n2c3ccccc3c3cc4oc5ccccc5c4cc32)c1. The summed E-state index contributed by atoms with van der Waals surface area (Å²) < 4.78 is 8.46. The first-order chi connectivity index (χ1) is 16.8. The van der Waals surface area contributed by atoms with Gasteiger partial charge < -0.3 is 8.98 Å². The van der Waals surface area contributed by atoms with Gasteiger partial charge in [0.15, 0.2) is 0 Å². The number of benzene rings is 4. The molecule has 4 aromatic carbocycles. The second kappa shape index (κ2) is 7.06. The minimum Gasteiger partial charge on any atom is -0.456 e. The molecule has 34 heavy (non-hydrogen) atoms. The molecule has 3 heterocycles. The molecule has 0 radical (unpaired) electrons. The van der Waals surface area contributed by atoms with Gasteiger partial charge >= 0.3 is 0 Å². The summed E-state index contributed by atoms with van der Waals surface area (Å²) >= 11 is 0. The Hall–Kier alpha value is -4.88. The van der Waals surface area contributed by atoms with Crippen molar-refractivity contribution in [1.29, 1.82) is 5.26 Å². The number of nitriles is 1. The van der Waals surface area contributed by atoms with E-state index in [-0.39, 0.29) is 0 Å². The molecule has 0 aliphatic heterocycles. The fraction of sp³-hybridized carbons (Fsp3) is 0. The molecule has 0 aliphatic rings. The lowest BCUT2D eigenvalue weighted by molar-refractivity contribution is 0.669. The second-order valence-corrected chi connectivity index (χ2v) is 8.38. The molecule has 0 aliphatic carbocycles. The molecular weight excluding hydrogens is 418 g/mol. The predicted octanol–water partition coefficient (Wildman–Crippen LogP) is 7.62. The zero-order valence-corrected chi connectivity index (χ0v) is 18.1. The Morgan fingerprint density at radius 3 is 2.44 bits per heavy atom. The number of hydrogen-bond acceptors (Lipinski definition) is 3. The third kappa shape index (κ3) is 2.61. The van der Waals surface area contributed by atoms with Crippen LogP contribution in [0.15, 0.2) is 108 Å². The highest BCUT2D eigenvalue weighted by atomic mass is 16.3. The topological polar surface area (TPSA) is 54.8 Å². The van der Waals surface area contributed by atoms with Crippen molar-refractivity contribution in [1.82, 2.24) is 9.55 Å². The number of pyridine rings is 1. The summed E-state index contributed by atoms with van der Waals surface area (Å²) in [5.74, 6) is 0. The number of nitrogens with zero attached hydrogens (tertiary/aromatic N) is 3. The highest BCUT2D eigenvalue weighted by molar-refractivity contribution is 6.17. The Labute approximate surface area is 194 Å². The summed E-state index contributed by atoms with van der Waals surface area (Å²) in [7, 11) is 0. The molecule has 0 fully saturated rings. The number of hydrogen-bond donors (Lipinski definition) is 0. The van der Waals surface area contributed by atoms with E-state index in [9.17, 15) is 5.26 Å². The standard InChI is InChI=1S/C30H17N3O/c31-18-20-8-6-14-32-30(20)19-7-5-9-21(15-19)33-26-12-3-1-10-22(26)24-17-29-25(16-27(24)33)23-11-2-4-13-28(23)34-29/h1-17H. The highest BCUT2D eigenvalue weighted by Crippen LogP contribution is 2.38. The van der Waals surface area contributed by atoms with E-state index in [1.165, 1.54) is 5.39 Å². The van der Waals surface area contributed by atoms with Crippen LogP contribution in [0.4, 0.5) is 0 Å². The smallest absolute Gasteiger partial charge is 0.136 e. The number of aromatic nitrogens is 2.